The number of methoxy groups -OCH3 is 1. The molecule has 8 nitrogen and oxygen atoms in total. The van der Waals surface area contributed by atoms with E-state index in [1.165, 1.54) is 19.2 Å². The Labute approximate surface area is 179 Å². The van der Waals surface area contributed by atoms with Gasteiger partial charge in [0.05, 0.1) is 17.6 Å². The average Bonchev–Trinajstić information content (AvgIpc) is 2.77. The summed E-state index contributed by atoms with van der Waals surface area (Å²) in [6.45, 7) is 1.65. The van der Waals surface area contributed by atoms with Gasteiger partial charge in [0.25, 0.3) is 11.6 Å². The molecule has 0 saturated carbocycles. The van der Waals surface area contributed by atoms with E-state index in [0.29, 0.717) is 30.5 Å². The van der Waals surface area contributed by atoms with Crippen LogP contribution in [-0.2, 0) is 10.2 Å². The van der Waals surface area contributed by atoms with Crippen LogP contribution in [0, 0.1) is 10.1 Å². The van der Waals surface area contributed by atoms with E-state index in [1.807, 2.05) is 12.1 Å². The van der Waals surface area contributed by atoms with E-state index >= 15 is 0 Å². The second-order valence-electron chi connectivity index (χ2n) is 7.16. The molecule has 0 aliphatic carbocycles. The first-order valence-electron chi connectivity index (χ1n) is 9.56. The van der Waals surface area contributed by atoms with Gasteiger partial charge in [0.1, 0.15) is 5.75 Å². The molecule has 0 bridgehead atoms. The first-order valence-corrected chi connectivity index (χ1v) is 9.94. The lowest BCUT2D eigenvalue weighted by Gasteiger charge is -2.39. The topological polar surface area (TPSA) is 103 Å². The van der Waals surface area contributed by atoms with E-state index in [1.54, 1.807) is 19.2 Å². The number of ether oxygens (including phenoxy) is 2. The molecule has 0 radical (unpaired) electrons. The molecule has 30 heavy (non-hydrogen) atoms. The van der Waals surface area contributed by atoms with Crippen LogP contribution in [-0.4, -0.2) is 44.7 Å². The van der Waals surface area contributed by atoms with Gasteiger partial charge in [-0.15, -0.1) is 0 Å². The molecule has 1 fully saturated rings. The van der Waals surface area contributed by atoms with Crippen LogP contribution >= 0.6 is 11.6 Å². The quantitative estimate of drug-likeness (QED) is 0.509. The summed E-state index contributed by atoms with van der Waals surface area (Å²) in [6, 6.07) is 9.75. The fourth-order valence-corrected chi connectivity index (χ4v) is 3.96. The second kappa shape index (κ2) is 9.32. The largest absolute Gasteiger partial charge is 0.496 e. The average molecular weight is 434 g/mol. The van der Waals surface area contributed by atoms with Crippen molar-refractivity contribution in [1.82, 2.24) is 5.32 Å². The SMILES string of the molecule is CNC(=O)c1cc([N+](=O)[O-])ccc1NCC1(c2cc(Cl)ccc2OC)CCOCC1. The highest BCUT2D eigenvalue weighted by Gasteiger charge is 2.37. The molecule has 1 aliphatic rings. The van der Waals surface area contributed by atoms with Gasteiger partial charge in [-0.2, -0.15) is 0 Å². The highest BCUT2D eigenvalue weighted by molar-refractivity contribution is 6.30. The number of hydrogen-bond donors (Lipinski definition) is 2. The zero-order valence-electron chi connectivity index (χ0n) is 16.9. The van der Waals surface area contributed by atoms with Gasteiger partial charge in [-0.1, -0.05) is 11.6 Å². The third-order valence-corrected chi connectivity index (χ3v) is 5.72. The summed E-state index contributed by atoms with van der Waals surface area (Å²) in [5.41, 5.74) is 1.22. The molecule has 0 atom stereocenters. The summed E-state index contributed by atoms with van der Waals surface area (Å²) in [5, 5.41) is 17.6. The number of benzene rings is 2. The lowest BCUT2D eigenvalue weighted by molar-refractivity contribution is -0.384. The number of rotatable bonds is 7. The normalized spacial score (nSPS) is 15.3. The number of halogens is 1. The molecule has 160 valence electrons. The van der Waals surface area contributed by atoms with Crippen molar-refractivity contribution < 1.29 is 19.2 Å². The molecule has 2 N–H and O–H groups in total. The van der Waals surface area contributed by atoms with Gasteiger partial charge in [0.15, 0.2) is 0 Å². The number of amides is 1. The zero-order chi connectivity index (χ0) is 21.7. The molecular formula is C21H24ClN3O5. The van der Waals surface area contributed by atoms with Crippen molar-refractivity contribution in [2.24, 2.45) is 0 Å². The van der Waals surface area contributed by atoms with Crippen molar-refractivity contribution in [3.63, 3.8) is 0 Å². The van der Waals surface area contributed by atoms with Crippen LogP contribution in [0.5, 0.6) is 5.75 Å². The number of anilines is 1. The summed E-state index contributed by atoms with van der Waals surface area (Å²) < 4.78 is 11.2. The third-order valence-electron chi connectivity index (χ3n) is 5.49. The van der Waals surface area contributed by atoms with Gasteiger partial charge in [-0.05, 0) is 37.1 Å². The number of nitro benzene ring substituents is 1. The van der Waals surface area contributed by atoms with Crippen LogP contribution < -0.4 is 15.4 Å². The molecule has 2 aromatic carbocycles. The van der Waals surface area contributed by atoms with Crippen LogP contribution in [0.3, 0.4) is 0 Å². The van der Waals surface area contributed by atoms with Crippen molar-refractivity contribution in [2.75, 3.05) is 39.2 Å². The lowest BCUT2D eigenvalue weighted by Crippen LogP contribution is -2.40. The van der Waals surface area contributed by atoms with Crippen LogP contribution in [0.25, 0.3) is 0 Å². The number of non-ortho nitro benzene ring substituents is 1. The maximum Gasteiger partial charge on any atom is 0.270 e. The molecule has 1 aliphatic heterocycles. The van der Waals surface area contributed by atoms with Gasteiger partial charge in [0, 0.05) is 60.6 Å². The summed E-state index contributed by atoms with van der Waals surface area (Å²) in [7, 11) is 3.11. The highest BCUT2D eigenvalue weighted by Crippen LogP contribution is 2.41. The van der Waals surface area contributed by atoms with Crippen LogP contribution in [0.15, 0.2) is 36.4 Å². The van der Waals surface area contributed by atoms with Crippen molar-refractivity contribution in [3.05, 3.63) is 62.7 Å². The Bertz CT molecular complexity index is 944. The Hall–Kier alpha value is -2.84. The fourth-order valence-electron chi connectivity index (χ4n) is 3.79. The highest BCUT2D eigenvalue weighted by atomic mass is 35.5. The minimum atomic E-state index is -0.521. The van der Waals surface area contributed by atoms with E-state index in [0.717, 1.165) is 24.2 Å². The number of nitro groups is 1. The molecule has 9 heteroatoms. The molecule has 0 unspecified atom stereocenters. The minimum Gasteiger partial charge on any atom is -0.496 e. The number of nitrogens with zero attached hydrogens (tertiary/aromatic N) is 1. The van der Waals surface area contributed by atoms with Crippen LogP contribution in [0.4, 0.5) is 11.4 Å². The number of nitrogens with one attached hydrogen (secondary N) is 2. The molecule has 2 aromatic rings. The van der Waals surface area contributed by atoms with Crippen LogP contribution in [0.1, 0.15) is 28.8 Å². The molecule has 1 saturated heterocycles. The monoisotopic (exact) mass is 433 g/mol. The van der Waals surface area contributed by atoms with Gasteiger partial charge in [0.2, 0.25) is 0 Å². The third kappa shape index (κ3) is 4.49. The minimum absolute atomic E-state index is 0.142. The van der Waals surface area contributed by atoms with E-state index in [9.17, 15) is 14.9 Å². The maximum atomic E-state index is 12.3. The first-order chi connectivity index (χ1) is 14.4. The predicted molar refractivity (Wildman–Crippen MR) is 115 cm³/mol. The van der Waals surface area contributed by atoms with Crippen molar-refractivity contribution in [3.8, 4) is 5.75 Å². The molecule has 0 aromatic heterocycles. The first kappa shape index (κ1) is 21.9. The van der Waals surface area contributed by atoms with Gasteiger partial charge in [-0.3, -0.25) is 14.9 Å². The molecule has 0 spiro atoms. The zero-order valence-corrected chi connectivity index (χ0v) is 17.6. The summed E-state index contributed by atoms with van der Waals surface area (Å²) in [6.07, 6.45) is 1.47. The Kier molecular flexibility index (Phi) is 6.79. The Morgan fingerprint density at radius 2 is 2.00 bits per heavy atom. The molecular weight excluding hydrogens is 410 g/mol. The molecule has 1 amide bonds. The summed E-state index contributed by atoms with van der Waals surface area (Å²) in [5.74, 6) is 0.334. The number of carbonyl (C=O) groups excluding carboxylic acids is 1. The Balaban J connectivity index is 1.97. The van der Waals surface area contributed by atoms with Gasteiger partial charge in [-0.25, -0.2) is 0 Å². The van der Waals surface area contributed by atoms with Crippen molar-refractivity contribution >= 4 is 28.9 Å². The number of carbonyl (C=O) groups is 1. The maximum absolute atomic E-state index is 12.3. The van der Waals surface area contributed by atoms with E-state index < -0.39 is 10.8 Å². The van der Waals surface area contributed by atoms with Gasteiger partial charge < -0.3 is 20.1 Å². The summed E-state index contributed by atoms with van der Waals surface area (Å²) >= 11 is 6.28. The van der Waals surface area contributed by atoms with E-state index in [4.69, 9.17) is 21.1 Å². The lowest BCUT2D eigenvalue weighted by atomic mass is 9.73. The summed E-state index contributed by atoms with van der Waals surface area (Å²) in [4.78, 5) is 22.9. The van der Waals surface area contributed by atoms with Crippen molar-refractivity contribution in [2.45, 2.75) is 18.3 Å². The molecule has 1 heterocycles. The molecule has 3 rings (SSSR count). The van der Waals surface area contributed by atoms with Crippen LogP contribution in [0.2, 0.25) is 5.02 Å². The Morgan fingerprint density at radius 3 is 2.63 bits per heavy atom. The second-order valence-corrected chi connectivity index (χ2v) is 7.59. The van der Waals surface area contributed by atoms with Gasteiger partial charge >= 0.3 is 0 Å². The standard InChI is InChI=1S/C21H24ClN3O5/c1-23-20(26)16-12-15(25(27)28)4-5-18(16)24-13-21(7-9-30-10-8-21)17-11-14(22)3-6-19(17)29-2/h3-6,11-12,24H,7-10,13H2,1-2H3,(H,23,26). The Morgan fingerprint density at radius 1 is 1.27 bits per heavy atom. The smallest absolute Gasteiger partial charge is 0.270 e. The predicted octanol–water partition coefficient (Wildman–Crippen LogP) is 3.78. The van der Waals surface area contributed by atoms with E-state index in [2.05, 4.69) is 10.6 Å². The van der Waals surface area contributed by atoms with E-state index in [-0.39, 0.29) is 16.7 Å². The fraction of sp³-hybridized carbons (Fsp3) is 0.381. The van der Waals surface area contributed by atoms with Crippen molar-refractivity contribution in [1.29, 1.82) is 0 Å². The number of hydrogen-bond acceptors (Lipinski definition) is 6.